The van der Waals surface area contributed by atoms with Crippen LogP contribution in [-0.2, 0) is 11.3 Å². The predicted molar refractivity (Wildman–Crippen MR) is 63.5 cm³/mol. The number of nitrogens with zero attached hydrogens (tertiary/aromatic N) is 1. The van der Waals surface area contributed by atoms with Gasteiger partial charge in [0.2, 0.25) is 5.91 Å². The largest absolute Gasteiger partial charge is 0.350 e. The second kappa shape index (κ2) is 5.61. The van der Waals surface area contributed by atoms with Gasteiger partial charge in [-0.05, 0) is 25.1 Å². The standard InChI is InChI=1S/C12H19N3O/c1-12(2,6-7-13)11(16)15-9-10-5-3-4-8-14-10/h3-5,8H,6-7,9,13H2,1-2H3,(H,15,16). The van der Waals surface area contributed by atoms with Crippen LogP contribution in [0.2, 0.25) is 0 Å². The van der Waals surface area contributed by atoms with Gasteiger partial charge in [-0.2, -0.15) is 0 Å². The van der Waals surface area contributed by atoms with E-state index >= 15 is 0 Å². The summed E-state index contributed by atoms with van der Waals surface area (Å²) in [5.74, 6) is 0.0172. The second-order valence-corrected chi connectivity index (χ2v) is 4.43. The summed E-state index contributed by atoms with van der Waals surface area (Å²) >= 11 is 0. The van der Waals surface area contributed by atoms with Crippen LogP contribution in [0, 0.1) is 5.41 Å². The summed E-state index contributed by atoms with van der Waals surface area (Å²) in [6, 6.07) is 5.64. The van der Waals surface area contributed by atoms with E-state index in [1.54, 1.807) is 6.20 Å². The molecular formula is C12H19N3O. The summed E-state index contributed by atoms with van der Waals surface area (Å²) in [7, 11) is 0. The summed E-state index contributed by atoms with van der Waals surface area (Å²) in [4.78, 5) is 16.0. The number of hydrogen-bond donors (Lipinski definition) is 2. The maximum atomic E-state index is 11.8. The van der Waals surface area contributed by atoms with Gasteiger partial charge in [0.15, 0.2) is 0 Å². The molecule has 0 atom stereocenters. The Labute approximate surface area is 96.3 Å². The molecule has 0 bridgehead atoms. The number of pyridine rings is 1. The zero-order chi connectivity index (χ0) is 12.0. The Balaban J connectivity index is 2.47. The first-order chi connectivity index (χ1) is 7.56. The van der Waals surface area contributed by atoms with Crippen molar-refractivity contribution in [3.63, 3.8) is 0 Å². The van der Waals surface area contributed by atoms with E-state index in [4.69, 9.17) is 5.73 Å². The monoisotopic (exact) mass is 221 g/mol. The van der Waals surface area contributed by atoms with E-state index in [2.05, 4.69) is 10.3 Å². The van der Waals surface area contributed by atoms with Crippen molar-refractivity contribution < 1.29 is 4.79 Å². The summed E-state index contributed by atoms with van der Waals surface area (Å²) in [5, 5.41) is 2.87. The van der Waals surface area contributed by atoms with E-state index < -0.39 is 5.41 Å². The second-order valence-electron chi connectivity index (χ2n) is 4.43. The molecule has 0 saturated carbocycles. The topological polar surface area (TPSA) is 68.0 Å². The van der Waals surface area contributed by atoms with E-state index in [1.165, 1.54) is 0 Å². The zero-order valence-corrected chi connectivity index (χ0v) is 9.86. The Morgan fingerprint density at radius 1 is 1.50 bits per heavy atom. The van der Waals surface area contributed by atoms with Crippen molar-refractivity contribution in [1.82, 2.24) is 10.3 Å². The fraction of sp³-hybridized carbons (Fsp3) is 0.500. The normalized spacial score (nSPS) is 11.2. The van der Waals surface area contributed by atoms with E-state index in [0.29, 0.717) is 19.5 Å². The molecule has 0 unspecified atom stereocenters. The summed E-state index contributed by atoms with van der Waals surface area (Å²) < 4.78 is 0. The van der Waals surface area contributed by atoms with Gasteiger partial charge in [0.25, 0.3) is 0 Å². The Bertz CT molecular complexity index is 335. The van der Waals surface area contributed by atoms with Gasteiger partial charge in [0.05, 0.1) is 12.2 Å². The first kappa shape index (κ1) is 12.6. The molecule has 1 heterocycles. The lowest BCUT2D eigenvalue weighted by atomic mass is 9.88. The van der Waals surface area contributed by atoms with Crippen LogP contribution in [0.15, 0.2) is 24.4 Å². The quantitative estimate of drug-likeness (QED) is 0.781. The van der Waals surface area contributed by atoms with E-state index in [-0.39, 0.29) is 5.91 Å². The van der Waals surface area contributed by atoms with Crippen LogP contribution in [0.3, 0.4) is 0 Å². The molecule has 1 aromatic rings. The zero-order valence-electron chi connectivity index (χ0n) is 9.86. The van der Waals surface area contributed by atoms with Crippen molar-refractivity contribution in [3.8, 4) is 0 Å². The molecule has 88 valence electrons. The molecule has 0 aliphatic carbocycles. The molecule has 1 rings (SSSR count). The third-order valence-corrected chi connectivity index (χ3v) is 2.54. The van der Waals surface area contributed by atoms with Gasteiger partial charge < -0.3 is 11.1 Å². The first-order valence-electron chi connectivity index (χ1n) is 5.44. The molecule has 0 radical (unpaired) electrons. The summed E-state index contributed by atoms with van der Waals surface area (Å²) in [6.45, 7) is 4.78. The molecule has 16 heavy (non-hydrogen) atoms. The Kier molecular flexibility index (Phi) is 4.43. The lowest BCUT2D eigenvalue weighted by Gasteiger charge is -2.22. The fourth-order valence-electron chi connectivity index (χ4n) is 1.39. The number of rotatable bonds is 5. The molecule has 0 aliphatic rings. The maximum absolute atomic E-state index is 11.8. The number of hydrogen-bond acceptors (Lipinski definition) is 3. The number of aromatic nitrogens is 1. The van der Waals surface area contributed by atoms with Crippen LogP contribution in [0.4, 0.5) is 0 Å². The number of nitrogens with two attached hydrogens (primary N) is 1. The van der Waals surface area contributed by atoms with Crippen molar-refractivity contribution in [2.24, 2.45) is 11.1 Å². The molecule has 0 spiro atoms. The molecule has 4 heteroatoms. The molecular weight excluding hydrogens is 202 g/mol. The number of amides is 1. The molecule has 4 nitrogen and oxygen atoms in total. The minimum absolute atomic E-state index is 0.0172. The lowest BCUT2D eigenvalue weighted by Crippen LogP contribution is -2.37. The first-order valence-corrected chi connectivity index (χ1v) is 5.44. The van der Waals surface area contributed by atoms with Crippen molar-refractivity contribution >= 4 is 5.91 Å². The van der Waals surface area contributed by atoms with Gasteiger partial charge in [0.1, 0.15) is 0 Å². The maximum Gasteiger partial charge on any atom is 0.226 e. The molecule has 0 fully saturated rings. The Morgan fingerprint density at radius 2 is 2.25 bits per heavy atom. The van der Waals surface area contributed by atoms with Crippen LogP contribution in [0.5, 0.6) is 0 Å². The highest BCUT2D eigenvalue weighted by Crippen LogP contribution is 2.19. The summed E-state index contributed by atoms with van der Waals surface area (Å²) in [6.07, 6.45) is 2.40. The SMILES string of the molecule is CC(C)(CCN)C(=O)NCc1ccccn1. The molecule has 0 aromatic carbocycles. The molecule has 3 N–H and O–H groups in total. The number of carbonyl (C=O) groups excluding carboxylic acids is 1. The lowest BCUT2D eigenvalue weighted by molar-refractivity contribution is -0.129. The predicted octanol–water partition coefficient (Wildman–Crippen LogP) is 1.07. The Morgan fingerprint density at radius 3 is 2.81 bits per heavy atom. The van der Waals surface area contributed by atoms with E-state index in [0.717, 1.165) is 5.69 Å². The van der Waals surface area contributed by atoms with E-state index in [9.17, 15) is 4.79 Å². The molecule has 1 amide bonds. The van der Waals surface area contributed by atoms with Crippen LogP contribution in [-0.4, -0.2) is 17.4 Å². The fourth-order valence-corrected chi connectivity index (χ4v) is 1.39. The highest BCUT2D eigenvalue weighted by molar-refractivity contribution is 5.81. The highest BCUT2D eigenvalue weighted by Gasteiger charge is 2.26. The van der Waals surface area contributed by atoms with Crippen molar-refractivity contribution in [2.45, 2.75) is 26.8 Å². The summed E-state index contributed by atoms with van der Waals surface area (Å²) in [5.41, 5.74) is 5.91. The minimum atomic E-state index is -0.413. The molecule has 1 aromatic heterocycles. The van der Waals surface area contributed by atoms with Crippen LogP contribution >= 0.6 is 0 Å². The number of carbonyl (C=O) groups is 1. The van der Waals surface area contributed by atoms with Gasteiger partial charge in [0, 0.05) is 11.6 Å². The highest BCUT2D eigenvalue weighted by atomic mass is 16.2. The smallest absolute Gasteiger partial charge is 0.226 e. The van der Waals surface area contributed by atoms with Crippen molar-refractivity contribution in [1.29, 1.82) is 0 Å². The van der Waals surface area contributed by atoms with Gasteiger partial charge in [-0.25, -0.2) is 0 Å². The van der Waals surface area contributed by atoms with Crippen molar-refractivity contribution in [3.05, 3.63) is 30.1 Å². The van der Waals surface area contributed by atoms with Gasteiger partial charge in [-0.15, -0.1) is 0 Å². The van der Waals surface area contributed by atoms with E-state index in [1.807, 2.05) is 32.0 Å². The molecule has 0 aliphatic heterocycles. The van der Waals surface area contributed by atoms with Crippen molar-refractivity contribution in [2.75, 3.05) is 6.54 Å². The minimum Gasteiger partial charge on any atom is -0.350 e. The van der Waals surface area contributed by atoms with Gasteiger partial charge in [-0.1, -0.05) is 19.9 Å². The van der Waals surface area contributed by atoms with Crippen LogP contribution in [0.25, 0.3) is 0 Å². The van der Waals surface area contributed by atoms with Gasteiger partial charge in [-0.3, -0.25) is 9.78 Å². The Hall–Kier alpha value is -1.42. The van der Waals surface area contributed by atoms with Crippen LogP contribution in [0.1, 0.15) is 26.0 Å². The number of nitrogens with one attached hydrogen (secondary N) is 1. The molecule has 0 saturated heterocycles. The third kappa shape index (κ3) is 3.62. The average Bonchev–Trinajstić information content (AvgIpc) is 2.27. The average molecular weight is 221 g/mol. The van der Waals surface area contributed by atoms with Crippen LogP contribution < -0.4 is 11.1 Å². The van der Waals surface area contributed by atoms with Gasteiger partial charge >= 0.3 is 0 Å². The third-order valence-electron chi connectivity index (χ3n) is 2.54.